The molecule has 5 heteroatoms. The van der Waals surface area contributed by atoms with E-state index in [-0.39, 0.29) is 0 Å². The number of anilines is 1. The van der Waals surface area contributed by atoms with Crippen molar-refractivity contribution in [2.45, 2.75) is 25.7 Å². The van der Waals surface area contributed by atoms with E-state index >= 15 is 0 Å². The summed E-state index contributed by atoms with van der Waals surface area (Å²) in [6.45, 7) is 2.39. The minimum absolute atomic E-state index is 0.506. The maximum absolute atomic E-state index is 6.36. The summed E-state index contributed by atoms with van der Waals surface area (Å²) in [4.78, 5) is 14.5. The lowest BCUT2D eigenvalue weighted by atomic mass is 9.75. The monoisotopic (exact) mass is 417 g/mol. The number of aromatic nitrogens is 4. The molecule has 2 aliphatic carbocycles. The first kappa shape index (κ1) is 17.9. The Kier molecular flexibility index (Phi) is 3.45. The number of benzene rings is 2. The summed E-state index contributed by atoms with van der Waals surface area (Å²) < 4.78 is 2.16. The zero-order valence-electron chi connectivity index (χ0n) is 17.9. The minimum Gasteiger partial charge on any atom is -0.382 e. The van der Waals surface area contributed by atoms with Crippen LogP contribution in [0, 0.1) is 11.3 Å². The summed E-state index contributed by atoms with van der Waals surface area (Å²) in [5.41, 5.74) is 12.8. The number of nitrogen functional groups attached to an aromatic ring is 1. The van der Waals surface area contributed by atoms with Crippen LogP contribution >= 0.6 is 0 Å². The molecule has 156 valence electrons. The number of fused-ring (bicyclic) bond motifs is 3. The smallest absolute Gasteiger partial charge is 0.150 e. The van der Waals surface area contributed by atoms with Crippen LogP contribution in [0.3, 0.4) is 0 Å². The molecular formula is C27H23N5. The summed E-state index contributed by atoms with van der Waals surface area (Å²) >= 11 is 0. The Bertz CT molecular complexity index is 1520. The van der Waals surface area contributed by atoms with Crippen LogP contribution in [0.5, 0.6) is 0 Å². The highest BCUT2D eigenvalue weighted by Crippen LogP contribution is 2.73. The Hall–Kier alpha value is -3.73. The molecule has 5 nitrogen and oxygen atoms in total. The highest BCUT2D eigenvalue weighted by molar-refractivity contribution is 5.91. The largest absolute Gasteiger partial charge is 0.382 e. The molecule has 3 heterocycles. The molecule has 2 saturated carbocycles. The lowest BCUT2D eigenvalue weighted by Gasteiger charge is -2.30. The first-order valence-electron chi connectivity index (χ1n) is 11.2. The second kappa shape index (κ2) is 6.16. The normalized spacial score (nSPS) is 23.8. The van der Waals surface area contributed by atoms with Crippen LogP contribution in [0.4, 0.5) is 5.82 Å². The van der Waals surface area contributed by atoms with Gasteiger partial charge in [-0.1, -0.05) is 55.5 Å². The van der Waals surface area contributed by atoms with Crippen molar-refractivity contribution in [3.63, 3.8) is 0 Å². The third-order valence-corrected chi connectivity index (χ3v) is 7.57. The van der Waals surface area contributed by atoms with E-state index < -0.39 is 0 Å². The Morgan fingerprint density at radius 1 is 0.969 bits per heavy atom. The zero-order valence-corrected chi connectivity index (χ0v) is 17.9. The Morgan fingerprint density at radius 3 is 2.59 bits per heavy atom. The molecule has 0 aliphatic heterocycles. The van der Waals surface area contributed by atoms with Crippen molar-refractivity contribution in [2.24, 2.45) is 11.3 Å². The van der Waals surface area contributed by atoms with Gasteiger partial charge in [0.25, 0.3) is 0 Å². The molecule has 0 spiro atoms. The van der Waals surface area contributed by atoms with Crippen LogP contribution in [-0.2, 0) is 0 Å². The molecule has 7 rings (SSSR count). The first-order chi connectivity index (χ1) is 15.6. The maximum Gasteiger partial charge on any atom is 0.150 e. The molecule has 2 N–H and O–H groups in total. The maximum atomic E-state index is 6.36. The van der Waals surface area contributed by atoms with Crippen LogP contribution in [-0.4, -0.2) is 19.4 Å². The number of hydrogen-bond acceptors (Lipinski definition) is 4. The first-order valence-corrected chi connectivity index (χ1v) is 11.2. The van der Waals surface area contributed by atoms with Gasteiger partial charge >= 0.3 is 0 Å². The number of rotatable bonds is 3. The average Bonchev–Trinajstić information content (AvgIpc) is 3.16. The summed E-state index contributed by atoms with van der Waals surface area (Å²) in [5, 5.41) is 1.11. The van der Waals surface area contributed by atoms with Gasteiger partial charge in [0.2, 0.25) is 0 Å². The van der Waals surface area contributed by atoms with Gasteiger partial charge in [0, 0.05) is 34.8 Å². The molecule has 0 saturated heterocycles. The Morgan fingerprint density at radius 2 is 1.81 bits per heavy atom. The van der Waals surface area contributed by atoms with Crippen molar-refractivity contribution in [3.8, 4) is 22.5 Å². The SMILES string of the molecule is CC12CC(c3nc(-c4ccc5ccc(-c6ccccc6)nc5c4)c4c(N)nccn34)C1C2. The van der Waals surface area contributed by atoms with Crippen molar-refractivity contribution in [3.05, 3.63) is 78.9 Å². The van der Waals surface area contributed by atoms with Crippen molar-refractivity contribution < 1.29 is 0 Å². The van der Waals surface area contributed by atoms with Gasteiger partial charge in [0.1, 0.15) is 22.9 Å². The zero-order chi connectivity index (χ0) is 21.4. The quantitative estimate of drug-likeness (QED) is 0.408. The van der Waals surface area contributed by atoms with Crippen LogP contribution in [0.1, 0.15) is 31.5 Å². The van der Waals surface area contributed by atoms with Gasteiger partial charge in [-0.2, -0.15) is 0 Å². The number of imidazole rings is 1. The molecule has 5 aromatic rings. The highest BCUT2D eigenvalue weighted by Gasteiger charge is 2.65. The van der Waals surface area contributed by atoms with Gasteiger partial charge in [0.05, 0.1) is 11.2 Å². The summed E-state index contributed by atoms with van der Waals surface area (Å²) in [7, 11) is 0. The summed E-state index contributed by atoms with van der Waals surface area (Å²) in [6, 6.07) is 20.8. The Labute approximate surface area is 186 Å². The van der Waals surface area contributed by atoms with E-state index in [0.29, 0.717) is 17.2 Å². The third kappa shape index (κ3) is 2.48. The molecule has 0 radical (unpaired) electrons. The van der Waals surface area contributed by atoms with Gasteiger partial charge in [-0.05, 0) is 36.3 Å². The molecule has 3 unspecified atom stereocenters. The standard InChI is InChI=1S/C27H23N5/c1-27-14-19(20(27)15-27)26-31-23(24-25(28)29-11-12-32(24)26)18-8-7-17-9-10-21(30-22(17)13-18)16-5-3-2-4-6-16/h2-13,19-20H,14-15H2,1H3,(H2,28,29). The lowest BCUT2D eigenvalue weighted by Crippen LogP contribution is -2.23. The molecule has 2 fully saturated rings. The molecule has 32 heavy (non-hydrogen) atoms. The van der Waals surface area contributed by atoms with E-state index in [1.165, 1.54) is 12.8 Å². The number of nitrogens with two attached hydrogens (primary N) is 1. The highest BCUT2D eigenvalue weighted by atomic mass is 15.1. The van der Waals surface area contributed by atoms with Gasteiger partial charge in [0.15, 0.2) is 0 Å². The second-order valence-electron chi connectivity index (χ2n) is 9.59. The fourth-order valence-corrected chi connectivity index (χ4v) is 5.65. The number of pyridine rings is 1. The van der Waals surface area contributed by atoms with E-state index in [0.717, 1.165) is 50.7 Å². The van der Waals surface area contributed by atoms with Gasteiger partial charge < -0.3 is 5.73 Å². The molecule has 2 aromatic carbocycles. The number of hydrogen-bond donors (Lipinski definition) is 1. The van der Waals surface area contributed by atoms with Crippen molar-refractivity contribution in [1.29, 1.82) is 0 Å². The van der Waals surface area contributed by atoms with Gasteiger partial charge in [-0.15, -0.1) is 0 Å². The van der Waals surface area contributed by atoms with Crippen molar-refractivity contribution in [2.75, 3.05) is 5.73 Å². The van der Waals surface area contributed by atoms with Crippen LogP contribution < -0.4 is 5.73 Å². The van der Waals surface area contributed by atoms with Gasteiger partial charge in [-0.3, -0.25) is 4.40 Å². The van der Waals surface area contributed by atoms with Crippen molar-refractivity contribution in [1.82, 2.24) is 19.4 Å². The number of nitrogens with zero attached hydrogens (tertiary/aromatic N) is 4. The fourth-order valence-electron chi connectivity index (χ4n) is 5.65. The van der Waals surface area contributed by atoms with E-state index in [9.17, 15) is 0 Å². The minimum atomic E-state index is 0.506. The molecule has 3 atom stereocenters. The lowest BCUT2D eigenvalue weighted by molar-refractivity contribution is 0.260. The van der Waals surface area contributed by atoms with E-state index in [1.807, 2.05) is 24.4 Å². The summed E-state index contributed by atoms with van der Waals surface area (Å²) in [5.74, 6) is 2.90. The van der Waals surface area contributed by atoms with Crippen molar-refractivity contribution >= 4 is 22.2 Å². The van der Waals surface area contributed by atoms with E-state index in [4.69, 9.17) is 15.7 Å². The average molecular weight is 418 g/mol. The van der Waals surface area contributed by atoms with Gasteiger partial charge in [-0.25, -0.2) is 15.0 Å². The predicted octanol–water partition coefficient (Wildman–Crippen LogP) is 5.71. The topological polar surface area (TPSA) is 69.1 Å². The molecular weight excluding hydrogens is 394 g/mol. The van der Waals surface area contributed by atoms with E-state index in [2.05, 4.69) is 58.8 Å². The second-order valence-corrected chi connectivity index (χ2v) is 9.59. The molecule has 3 aromatic heterocycles. The molecule has 0 amide bonds. The fraction of sp³-hybridized carbons (Fsp3) is 0.222. The van der Waals surface area contributed by atoms with E-state index in [1.54, 1.807) is 6.20 Å². The molecule has 2 aliphatic rings. The van der Waals surface area contributed by atoms with Crippen LogP contribution in [0.2, 0.25) is 0 Å². The predicted molar refractivity (Wildman–Crippen MR) is 127 cm³/mol. The third-order valence-electron chi connectivity index (χ3n) is 7.57. The summed E-state index contributed by atoms with van der Waals surface area (Å²) in [6.07, 6.45) is 6.29. The molecule has 0 bridgehead atoms. The van der Waals surface area contributed by atoms with Crippen LogP contribution in [0.25, 0.3) is 38.9 Å². The Balaban J connectivity index is 1.39. The van der Waals surface area contributed by atoms with Crippen LogP contribution in [0.15, 0.2) is 73.1 Å².